The number of aromatic nitrogens is 2. The monoisotopic (exact) mass is 174 g/mol. The Morgan fingerprint density at radius 2 is 2.15 bits per heavy atom. The maximum Gasteiger partial charge on any atom is 0.151 e. The zero-order valence-corrected chi connectivity index (χ0v) is 7.28. The number of anilines is 1. The molecule has 2 aromatic rings. The summed E-state index contributed by atoms with van der Waals surface area (Å²) in [4.78, 5) is 8.15. The first-order chi connectivity index (χ1) is 6.31. The molecule has 0 aliphatic rings. The van der Waals surface area contributed by atoms with Gasteiger partial charge in [0.25, 0.3) is 0 Å². The second-order valence-electron chi connectivity index (χ2n) is 2.89. The summed E-state index contributed by atoms with van der Waals surface area (Å²) in [5.41, 5.74) is 4.62. The quantitative estimate of drug-likeness (QED) is 0.504. The predicted octanol–water partition coefficient (Wildman–Crippen LogP) is 1.22. The van der Waals surface area contributed by atoms with Gasteiger partial charge in [-0.15, -0.1) is 0 Å². The van der Waals surface area contributed by atoms with Crippen molar-refractivity contribution in [1.82, 2.24) is 9.97 Å². The van der Waals surface area contributed by atoms with Gasteiger partial charge in [0.1, 0.15) is 6.33 Å². The normalized spacial score (nSPS) is 10.3. The van der Waals surface area contributed by atoms with E-state index in [2.05, 4.69) is 15.4 Å². The maximum absolute atomic E-state index is 5.31. The lowest BCUT2D eigenvalue weighted by Crippen LogP contribution is -2.09. The number of hydrazine groups is 1. The van der Waals surface area contributed by atoms with E-state index in [1.54, 1.807) is 0 Å². The highest BCUT2D eigenvalue weighted by molar-refractivity contribution is 5.88. The Hall–Kier alpha value is -1.68. The van der Waals surface area contributed by atoms with Gasteiger partial charge < -0.3 is 5.43 Å². The Bertz CT molecular complexity index is 439. The molecule has 0 bridgehead atoms. The first-order valence-electron chi connectivity index (χ1n) is 3.99. The van der Waals surface area contributed by atoms with Crippen LogP contribution < -0.4 is 11.3 Å². The van der Waals surface area contributed by atoms with E-state index in [4.69, 9.17) is 5.84 Å². The second-order valence-corrected chi connectivity index (χ2v) is 2.89. The molecule has 13 heavy (non-hydrogen) atoms. The molecule has 0 amide bonds. The molecule has 2 rings (SSSR count). The molecule has 1 aromatic heterocycles. The van der Waals surface area contributed by atoms with Crippen molar-refractivity contribution in [1.29, 1.82) is 0 Å². The molecule has 4 heteroatoms. The molecule has 0 radical (unpaired) electrons. The minimum absolute atomic E-state index is 0.657. The summed E-state index contributed by atoms with van der Waals surface area (Å²) in [7, 11) is 0. The Morgan fingerprint density at radius 1 is 1.31 bits per heavy atom. The van der Waals surface area contributed by atoms with Crippen LogP contribution in [0.25, 0.3) is 10.9 Å². The van der Waals surface area contributed by atoms with Gasteiger partial charge in [-0.05, 0) is 24.6 Å². The smallest absolute Gasteiger partial charge is 0.151 e. The lowest BCUT2D eigenvalue weighted by molar-refractivity contribution is 1.18. The Morgan fingerprint density at radius 3 is 2.92 bits per heavy atom. The van der Waals surface area contributed by atoms with Crippen molar-refractivity contribution in [2.24, 2.45) is 5.84 Å². The molecule has 0 aliphatic carbocycles. The number of hydrogen-bond donors (Lipinski definition) is 2. The third-order valence-corrected chi connectivity index (χ3v) is 1.93. The summed E-state index contributed by atoms with van der Waals surface area (Å²) in [6, 6.07) is 5.96. The minimum Gasteiger partial charge on any atom is -0.308 e. The minimum atomic E-state index is 0.657. The number of nitrogens with one attached hydrogen (secondary N) is 1. The predicted molar refractivity (Wildman–Crippen MR) is 52.1 cm³/mol. The molecule has 0 fully saturated rings. The Balaban J connectivity index is 2.77. The fraction of sp³-hybridized carbons (Fsp3) is 0.111. The number of aryl methyl sites for hydroxylation is 1. The highest BCUT2D eigenvalue weighted by Gasteiger charge is 2.00. The van der Waals surface area contributed by atoms with E-state index in [9.17, 15) is 0 Å². The van der Waals surface area contributed by atoms with Crippen molar-refractivity contribution in [3.05, 3.63) is 30.1 Å². The van der Waals surface area contributed by atoms with Crippen LogP contribution in [-0.4, -0.2) is 9.97 Å². The number of nitrogens with zero attached hydrogens (tertiary/aromatic N) is 2. The van der Waals surface area contributed by atoms with Crippen LogP contribution in [-0.2, 0) is 0 Å². The fourth-order valence-corrected chi connectivity index (χ4v) is 1.28. The average Bonchev–Trinajstić information content (AvgIpc) is 2.16. The van der Waals surface area contributed by atoms with Gasteiger partial charge >= 0.3 is 0 Å². The topological polar surface area (TPSA) is 63.8 Å². The van der Waals surface area contributed by atoms with E-state index in [0.29, 0.717) is 5.82 Å². The van der Waals surface area contributed by atoms with Crippen molar-refractivity contribution >= 4 is 16.7 Å². The van der Waals surface area contributed by atoms with Gasteiger partial charge in [0.2, 0.25) is 0 Å². The first kappa shape index (κ1) is 7.94. The Labute approximate surface area is 75.8 Å². The number of rotatable bonds is 1. The molecule has 1 heterocycles. The summed E-state index contributed by atoms with van der Waals surface area (Å²) in [6.45, 7) is 2.02. The lowest BCUT2D eigenvalue weighted by Gasteiger charge is -2.03. The molecule has 0 saturated heterocycles. The number of nitrogen functional groups attached to an aromatic ring is 1. The van der Waals surface area contributed by atoms with Crippen molar-refractivity contribution in [2.75, 3.05) is 5.43 Å². The van der Waals surface area contributed by atoms with Crippen LogP contribution in [0.15, 0.2) is 24.5 Å². The van der Waals surface area contributed by atoms with E-state index in [1.807, 2.05) is 25.1 Å². The van der Waals surface area contributed by atoms with E-state index >= 15 is 0 Å². The zero-order valence-electron chi connectivity index (χ0n) is 7.28. The fourth-order valence-electron chi connectivity index (χ4n) is 1.28. The average molecular weight is 174 g/mol. The third-order valence-electron chi connectivity index (χ3n) is 1.93. The van der Waals surface area contributed by atoms with Gasteiger partial charge in [0, 0.05) is 5.39 Å². The highest BCUT2D eigenvalue weighted by atomic mass is 15.3. The first-order valence-corrected chi connectivity index (χ1v) is 3.99. The van der Waals surface area contributed by atoms with Gasteiger partial charge in [-0.1, -0.05) is 6.07 Å². The summed E-state index contributed by atoms with van der Waals surface area (Å²) < 4.78 is 0. The number of benzene rings is 1. The van der Waals surface area contributed by atoms with Crippen LogP contribution in [0.5, 0.6) is 0 Å². The maximum atomic E-state index is 5.31. The number of fused-ring (bicyclic) bond motifs is 1. The summed E-state index contributed by atoms with van der Waals surface area (Å²) in [5, 5.41) is 0.940. The summed E-state index contributed by atoms with van der Waals surface area (Å²) in [5.74, 6) is 5.97. The van der Waals surface area contributed by atoms with Crippen LogP contribution in [0.3, 0.4) is 0 Å². The number of nitrogens with two attached hydrogens (primary N) is 1. The molecule has 0 saturated carbocycles. The van der Waals surface area contributed by atoms with Gasteiger partial charge in [-0.2, -0.15) is 0 Å². The molecular formula is C9H10N4. The summed E-state index contributed by atoms with van der Waals surface area (Å²) in [6.07, 6.45) is 1.50. The van der Waals surface area contributed by atoms with E-state index in [0.717, 1.165) is 10.9 Å². The summed E-state index contributed by atoms with van der Waals surface area (Å²) >= 11 is 0. The molecule has 66 valence electrons. The molecule has 4 nitrogen and oxygen atoms in total. The van der Waals surface area contributed by atoms with Gasteiger partial charge in [-0.25, -0.2) is 15.8 Å². The molecule has 0 unspecified atom stereocenters. The molecule has 3 N–H and O–H groups in total. The van der Waals surface area contributed by atoms with Crippen LogP contribution in [0, 0.1) is 6.92 Å². The van der Waals surface area contributed by atoms with Crippen LogP contribution in [0.1, 0.15) is 5.56 Å². The highest BCUT2D eigenvalue weighted by Crippen LogP contribution is 2.18. The molecule has 1 aromatic carbocycles. The van der Waals surface area contributed by atoms with E-state index in [1.165, 1.54) is 11.9 Å². The number of hydrogen-bond acceptors (Lipinski definition) is 4. The molecule has 0 aliphatic heterocycles. The van der Waals surface area contributed by atoms with Crippen LogP contribution in [0.4, 0.5) is 5.82 Å². The van der Waals surface area contributed by atoms with Crippen molar-refractivity contribution in [3.8, 4) is 0 Å². The standard InChI is InChI=1S/C9H10N4/c1-6-2-3-7-8(4-6)11-5-12-9(7)13-10/h2-5H,10H2,1H3,(H,11,12,13). The van der Waals surface area contributed by atoms with E-state index < -0.39 is 0 Å². The van der Waals surface area contributed by atoms with Crippen molar-refractivity contribution in [2.45, 2.75) is 6.92 Å². The van der Waals surface area contributed by atoms with Gasteiger partial charge in [0.05, 0.1) is 5.52 Å². The van der Waals surface area contributed by atoms with E-state index in [-0.39, 0.29) is 0 Å². The van der Waals surface area contributed by atoms with Crippen molar-refractivity contribution in [3.63, 3.8) is 0 Å². The van der Waals surface area contributed by atoms with Crippen LogP contribution in [0.2, 0.25) is 0 Å². The second kappa shape index (κ2) is 2.99. The third kappa shape index (κ3) is 1.31. The molecule has 0 spiro atoms. The largest absolute Gasteiger partial charge is 0.308 e. The van der Waals surface area contributed by atoms with Crippen molar-refractivity contribution < 1.29 is 0 Å². The molecular weight excluding hydrogens is 164 g/mol. The van der Waals surface area contributed by atoms with Crippen LogP contribution >= 0.6 is 0 Å². The lowest BCUT2D eigenvalue weighted by atomic mass is 10.2. The zero-order chi connectivity index (χ0) is 9.26. The van der Waals surface area contributed by atoms with Gasteiger partial charge in [-0.3, -0.25) is 0 Å². The SMILES string of the molecule is Cc1ccc2c(NN)ncnc2c1. The molecule has 0 atom stereocenters. The van der Waals surface area contributed by atoms with Gasteiger partial charge in [0.15, 0.2) is 5.82 Å². The Kier molecular flexibility index (Phi) is 1.83.